The fourth-order valence-corrected chi connectivity index (χ4v) is 3.86. The van der Waals surface area contributed by atoms with Gasteiger partial charge in [-0.25, -0.2) is 0 Å². The number of phenols is 2. The van der Waals surface area contributed by atoms with Crippen LogP contribution in [0.4, 0.5) is 0 Å². The van der Waals surface area contributed by atoms with E-state index in [-0.39, 0.29) is 35.0 Å². The van der Waals surface area contributed by atoms with E-state index < -0.39 is 0 Å². The van der Waals surface area contributed by atoms with Crippen LogP contribution in [0.5, 0.6) is 34.9 Å². The Labute approximate surface area is 212 Å². The lowest BCUT2D eigenvalue weighted by molar-refractivity contribution is 0.409. The summed E-state index contributed by atoms with van der Waals surface area (Å²) in [5, 5.41) is 27.5. The fraction of sp³-hybridized carbons (Fsp3) is 0.111. The predicted octanol–water partition coefficient (Wildman–Crippen LogP) is 4.12. The summed E-state index contributed by atoms with van der Waals surface area (Å²) >= 11 is 0. The Morgan fingerprint density at radius 3 is 2.43 bits per heavy atom. The Balaban J connectivity index is 1.53. The van der Waals surface area contributed by atoms with Gasteiger partial charge in [0.1, 0.15) is 34.7 Å². The SMILES string of the molecule is CN1CCN=C1c1cccc(Oc2nc(Oc3cc(O)ccc3C(=N)N)cc(-c3ccc(O)cc3)n2)c1. The second-order valence-corrected chi connectivity index (χ2v) is 8.37. The topological polar surface area (TPSA) is 150 Å². The fourth-order valence-electron chi connectivity index (χ4n) is 3.86. The maximum Gasteiger partial charge on any atom is 0.325 e. The van der Waals surface area contributed by atoms with E-state index in [9.17, 15) is 10.2 Å². The second-order valence-electron chi connectivity index (χ2n) is 8.37. The molecule has 186 valence electrons. The molecular formula is C27H24N6O4. The molecule has 0 spiro atoms. The van der Waals surface area contributed by atoms with Crippen LogP contribution in [0.15, 0.2) is 77.8 Å². The lowest BCUT2D eigenvalue weighted by Gasteiger charge is -2.15. The van der Waals surface area contributed by atoms with E-state index in [1.54, 1.807) is 36.4 Å². The number of nitrogen functional groups attached to an aromatic ring is 1. The highest BCUT2D eigenvalue weighted by Gasteiger charge is 2.17. The van der Waals surface area contributed by atoms with Gasteiger partial charge in [-0.1, -0.05) is 12.1 Å². The van der Waals surface area contributed by atoms with Gasteiger partial charge < -0.3 is 30.3 Å². The van der Waals surface area contributed by atoms with Crippen LogP contribution in [0.2, 0.25) is 0 Å². The number of aromatic hydroxyl groups is 2. The van der Waals surface area contributed by atoms with Crippen molar-refractivity contribution in [2.75, 3.05) is 20.1 Å². The first kappa shape index (κ1) is 23.6. The summed E-state index contributed by atoms with van der Waals surface area (Å²) < 4.78 is 12.0. The molecule has 0 bridgehead atoms. The molecule has 37 heavy (non-hydrogen) atoms. The zero-order chi connectivity index (χ0) is 25.9. The summed E-state index contributed by atoms with van der Waals surface area (Å²) in [7, 11) is 1.99. The number of amidine groups is 2. The van der Waals surface area contributed by atoms with Crippen LogP contribution in [0, 0.1) is 5.41 Å². The molecular weight excluding hydrogens is 472 g/mol. The smallest absolute Gasteiger partial charge is 0.325 e. The Morgan fingerprint density at radius 2 is 1.70 bits per heavy atom. The normalized spacial score (nSPS) is 12.8. The minimum Gasteiger partial charge on any atom is -0.508 e. The average Bonchev–Trinajstić information content (AvgIpc) is 3.30. The summed E-state index contributed by atoms with van der Waals surface area (Å²) in [6.45, 7) is 1.60. The van der Waals surface area contributed by atoms with Crippen LogP contribution in [0.1, 0.15) is 11.1 Å². The van der Waals surface area contributed by atoms with Crippen LogP contribution in [-0.2, 0) is 0 Å². The molecule has 4 aromatic rings. The summed E-state index contributed by atoms with van der Waals surface area (Å²) in [6.07, 6.45) is 0. The highest BCUT2D eigenvalue weighted by atomic mass is 16.5. The van der Waals surface area contributed by atoms with Gasteiger partial charge in [0.2, 0.25) is 5.88 Å². The van der Waals surface area contributed by atoms with Gasteiger partial charge in [0.05, 0.1) is 17.8 Å². The molecule has 1 aromatic heterocycles. The molecule has 5 rings (SSSR count). The quantitative estimate of drug-likeness (QED) is 0.220. The first-order valence-corrected chi connectivity index (χ1v) is 11.4. The number of ether oxygens (including phenoxy) is 2. The van der Waals surface area contributed by atoms with Crippen LogP contribution < -0.4 is 15.2 Å². The highest BCUT2D eigenvalue weighted by molar-refractivity contribution is 6.00. The zero-order valence-corrected chi connectivity index (χ0v) is 19.9. The lowest BCUT2D eigenvalue weighted by Crippen LogP contribution is -2.23. The third-order valence-electron chi connectivity index (χ3n) is 5.68. The lowest BCUT2D eigenvalue weighted by atomic mass is 10.1. The van der Waals surface area contributed by atoms with E-state index in [1.807, 2.05) is 25.2 Å². The molecule has 10 heteroatoms. The van der Waals surface area contributed by atoms with Gasteiger partial charge in [0.15, 0.2) is 0 Å². The molecule has 3 aromatic carbocycles. The second kappa shape index (κ2) is 9.86. The van der Waals surface area contributed by atoms with E-state index >= 15 is 0 Å². The maximum absolute atomic E-state index is 9.95. The van der Waals surface area contributed by atoms with Crippen molar-refractivity contribution in [1.29, 1.82) is 5.41 Å². The molecule has 1 aliphatic heterocycles. The number of likely N-dealkylation sites (N-methyl/N-ethyl adjacent to an activating group) is 1. The maximum atomic E-state index is 9.95. The van der Waals surface area contributed by atoms with Crippen molar-refractivity contribution in [1.82, 2.24) is 14.9 Å². The third-order valence-corrected chi connectivity index (χ3v) is 5.68. The Hall–Kier alpha value is -5.12. The van der Waals surface area contributed by atoms with Crippen molar-refractivity contribution in [3.8, 4) is 46.1 Å². The minimum atomic E-state index is -0.226. The van der Waals surface area contributed by atoms with E-state index in [2.05, 4.69) is 19.9 Å². The molecule has 0 saturated heterocycles. The predicted molar refractivity (Wildman–Crippen MR) is 139 cm³/mol. The summed E-state index contributed by atoms with van der Waals surface area (Å²) in [6, 6.07) is 19.8. The van der Waals surface area contributed by atoms with E-state index in [1.165, 1.54) is 18.2 Å². The summed E-state index contributed by atoms with van der Waals surface area (Å²) in [5.41, 5.74) is 8.05. The first-order valence-electron chi connectivity index (χ1n) is 11.4. The van der Waals surface area contributed by atoms with Gasteiger partial charge >= 0.3 is 6.01 Å². The number of hydrogen-bond acceptors (Lipinski definition) is 9. The average molecular weight is 497 g/mol. The van der Waals surface area contributed by atoms with Gasteiger partial charge in [0.25, 0.3) is 0 Å². The third kappa shape index (κ3) is 5.27. The molecule has 0 amide bonds. The molecule has 0 fully saturated rings. The highest BCUT2D eigenvalue weighted by Crippen LogP contribution is 2.32. The van der Waals surface area contributed by atoms with E-state index in [4.69, 9.17) is 20.6 Å². The summed E-state index contributed by atoms with van der Waals surface area (Å²) in [5.74, 6) is 1.49. The molecule has 0 aliphatic carbocycles. The van der Waals surface area contributed by atoms with Crippen molar-refractivity contribution in [3.63, 3.8) is 0 Å². The minimum absolute atomic E-state index is 0.0176. The standard InChI is InChI=1S/C27H24N6O4/c1-33-12-11-30-26(33)17-3-2-4-20(13-17)36-27-31-22(16-5-7-18(34)8-6-16)15-24(32-27)37-23-14-19(35)9-10-21(23)25(28)29/h2-10,13-15,34-35H,11-12H2,1H3,(H3,28,29). The van der Waals surface area contributed by atoms with Gasteiger partial charge in [0, 0.05) is 36.9 Å². The number of aromatic nitrogens is 2. The molecule has 0 saturated carbocycles. The van der Waals surface area contributed by atoms with Crippen LogP contribution in [0.25, 0.3) is 11.3 Å². The Morgan fingerprint density at radius 1 is 0.919 bits per heavy atom. The van der Waals surface area contributed by atoms with Crippen molar-refractivity contribution < 1.29 is 19.7 Å². The number of aliphatic imine (C=N–C) groups is 1. The monoisotopic (exact) mass is 496 g/mol. The number of phenolic OH excluding ortho intramolecular Hbond substituents is 2. The van der Waals surface area contributed by atoms with E-state index in [0.29, 0.717) is 22.6 Å². The molecule has 5 N–H and O–H groups in total. The number of rotatable bonds is 7. The molecule has 0 unspecified atom stereocenters. The molecule has 0 atom stereocenters. The number of nitrogens with two attached hydrogens (primary N) is 1. The van der Waals surface area contributed by atoms with Gasteiger partial charge in [-0.15, -0.1) is 0 Å². The first-order chi connectivity index (χ1) is 17.9. The molecule has 2 heterocycles. The van der Waals surface area contributed by atoms with Crippen molar-refractivity contribution in [3.05, 3.63) is 83.9 Å². The number of nitrogens with one attached hydrogen (secondary N) is 1. The van der Waals surface area contributed by atoms with Crippen molar-refractivity contribution in [2.24, 2.45) is 10.7 Å². The van der Waals surface area contributed by atoms with Gasteiger partial charge in [-0.3, -0.25) is 10.4 Å². The number of benzene rings is 3. The Kier molecular flexibility index (Phi) is 6.29. The zero-order valence-electron chi connectivity index (χ0n) is 19.9. The van der Waals surface area contributed by atoms with Crippen molar-refractivity contribution >= 4 is 11.7 Å². The summed E-state index contributed by atoms with van der Waals surface area (Å²) in [4.78, 5) is 15.6. The molecule has 0 radical (unpaired) electrons. The van der Waals surface area contributed by atoms with Crippen LogP contribution in [0.3, 0.4) is 0 Å². The largest absolute Gasteiger partial charge is 0.508 e. The van der Waals surface area contributed by atoms with Crippen molar-refractivity contribution in [2.45, 2.75) is 0 Å². The van der Waals surface area contributed by atoms with Gasteiger partial charge in [-0.05, 0) is 48.5 Å². The van der Waals surface area contributed by atoms with Crippen LogP contribution in [-0.4, -0.2) is 56.9 Å². The van der Waals surface area contributed by atoms with E-state index in [0.717, 1.165) is 24.5 Å². The Bertz CT molecular complexity index is 1500. The number of hydrogen-bond donors (Lipinski definition) is 4. The molecule has 10 nitrogen and oxygen atoms in total. The number of nitrogens with zero attached hydrogens (tertiary/aromatic N) is 4. The molecule has 1 aliphatic rings. The van der Waals surface area contributed by atoms with Crippen LogP contribution >= 0.6 is 0 Å². The van der Waals surface area contributed by atoms with Gasteiger partial charge in [-0.2, -0.15) is 9.97 Å².